The first-order chi connectivity index (χ1) is 7.90. The van der Waals surface area contributed by atoms with Crippen molar-refractivity contribution in [1.29, 1.82) is 0 Å². The van der Waals surface area contributed by atoms with Gasteiger partial charge in [-0.15, -0.1) is 0 Å². The van der Waals surface area contributed by atoms with E-state index in [1.165, 1.54) is 12.1 Å². The zero-order valence-corrected chi connectivity index (χ0v) is 10.4. The summed E-state index contributed by atoms with van der Waals surface area (Å²) in [5.41, 5.74) is 0.814. The highest BCUT2D eigenvalue weighted by Gasteiger charge is 2.16. The molecule has 1 unspecified atom stereocenters. The number of carbonyl (C=O) groups is 1. The maximum Gasteiger partial charge on any atom is 0.157 e. The molecule has 0 heterocycles. The number of phenols is 2. The predicted molar refractivity (Wildman–Crippen MR) is 66.2 cm³/mol. The summed E-state index contributed by atoms with van der Waals surface area (Å²) in [5, 5.41) is 21.7. The number of hydrogen-bond acceptors (Lipinski definition) is 4. The summed E-state index contributed by atoms with van der Waals surface area (Å²) >= 11 is 0. The summed E-state index contributed by atoms with van der Waals surface area (Å²) in [6.45, 7) is 5.49. The van der Waals surface area contributed by atoms with Gasteiger partial charge < -0.3 is 15.5 Å². The number of rotatable bonds is 5. The summed E-state index contributed by atoms with van der Waals surface area (Å²) < 4.78 is 0. The molecule has 0 bridgehead atoms. The Hall–Kier alpha value is -1.55. The lowest BCUT2D eigenvalue weighted by Gasteiger charge is -2.18. The monoisotopic (exact) mass is 237 g/mol. The lowest BCUT2D eigenvalue weighted by atomic mass is 10.0. The van der Waals surface area contributed by atoms with Gasteiger partial charge in [0.1, 0.15) is 5.78 Å². The summed E-state index contributed by atoms with van der Waals surface area (Å²) in [6.07, 6.45) is 0.501. The van der Waals surface area contributed by atoms with E-state index >= 15 is 0 Å². The van der Waals surface area contributed by atoms with E-state index in [1.54, 1.807) is 13.0 Å². The molecule has 0 spiro atoms. The van der Waals surface area contributed by atoms with E-state index in [1.807, 2.05) is 13.8 Å². The second kappa shape index (κ2) is 5.68. The normalized spacial score (nSPS) is 12.7. The van der Waals surface area contributed by atoms with Gasteiger partial charge in [-0.05, 0) is 31.0 Å². The smallest absolute Gasteiger partial charge is 0.157 e. The number of ketones is 1. The van der Waals surface area contributed by atoms with E-state index in [0.717, 1.165) is 5.56 Å². The molecule has 17 heavy (non-hydrogen) atoms. The minimum absolute atomic E-state index is 0.0614. The van der Waals surface area contributed by atoms with Crippen LogP contribution in [0.1, 0.15) is 26.3 Å². The SMILES string of the molecule is CC(=O)C(Cc1ccc(O)c(O)c1)NC(C)C. The number of aromatic hydroxyl groups is 2. The predicted octanol–water partition coefficient (Wildman–Crippen LogP) is 1.60. The van der Waals surface area contributed by atoms with Crippen molar-refractivity contribution >= 4 is 5.78 Å². The molecule has 0 amide bonds. The highest BCUT2D eigenvalue weighted by Crippen LogP contribution is 2.25. The second-order valence-electron chi connectivity index (χ2n) is 4.51. The van der Waals surface area contributed by atoms with Crippen molar-refractivity contribution in [1.82, 2.24) is 5.32 Å². The van der Waals surface area contributed by atoms with Gasteiger partial charge in [0.2, 0.25) is 0 Å². The fraction of sp³-hybridized carbons (Fsp3) is 0.462. The lowest BCUT2D eigenvalue weighted by molar-refractivity contribution is -0.119. The molecule has 4 nitrogen and oxygen atoms in total. The first-order valence-electron chi connectivity index (χ1n) is 5.67. The highest BCUT2D eigenvalue weighted by molar-refractivity contribution is 5.81. The van der Waals surface area contributed by atoms with Crippen LogP contribution in [-0.2, 0) is 11.2 Å². The van der Waals surface area contributed by atoms with Crippen LogP contribution < -0.4 is 5.32 Å². The van der Waals surface area contributed by atoms with E-state index in [2.05, 4.69) is 5.32 Å². The number of carbonyl (C=O) groups excluding carboxylic acids is 1. The molecular formula is C13H19NO3. The van der Waals surface area contributed by atoms with Gasteiger partial charge in [-0.3, -0.25) is 4.79 Å². The molecule has 1 aromatic carbocycles. The Morgan fingerprint density at radius 1 is 1.29 bits per heavy atom. The molecule has 0 aromatic heterocycles. The van der Waals surface area contributed by atoms with Crippen molar-refractivity contribution in [2.75, 3.05) is 0 Å². The molecule has 4 heteroatoms. The largest absolute Gasteiger partial charge is 0.504 e. The molecule has 0 aliphatic rings. The van der Waals surface area contributed by atoms with Crippen LogP contribution in [0, 0.1) is 0 Å². The van der Waals surface area contributed by atoms with E-state index in [4.69, 9.17) is 0 Å². The van der Waals surface area contributed by atoms with E-state index < -0.39 is 0 Å². The van der Waals surface area contributed by atoms with Crippen LogP contribution in [0.4, 0.5) is 0 Å². The molecule has 0 saturated heterocycles. The molecule has 0 aliphatic carbocycles. The van der Waals surface area contributed by atoms with Gasteiger partial charge in [0, 0.05) is 6.04 Å². The van der Waals surface area contributed by atoms with Crippen molar-refractivity contribution in [2.24, 2.45) is 0 Å². The highest BCUT2D eigenvalue weighted by atomic mass is 16.3. The summed E-state index contributed by atoms with van der Waals surface area (Å²) in [4.78, 5) is 11.5. The summed E-state index contributed by atoms with van der Waals surface area (Å²) in [6, 6.07) is 4.56. The zero-order valence-electron chi connectivity index (χ0n) is 10.4. The van der Waals surface area contributed by atoms with Crippen LogP contribution in [0.15, 0.2) is 18.2 Å². The maximum atomic E-state index is 11.5. The molecule has 1 aromatic rings. The quantitative estimate of drug-likeness (QED) is 0.680. The fourth-order valence-electron chi connectivity index (χ4n) is 1.65. The van der Waals surface area contributed by atoms with Gasteiger partial charge in [0.05, 0.1) is 6.04 Å². The molecule has 0 aliphatic heterocycles. The summed E-state index contributed by atoms with van der Waals surface area (Å²) in [7, 11) is 0. The van der Waals surface area contributed by atoms with Gasteiger partial charge in [-0.2, -0.15) is 0 Å². The molecular weight excluding hydrogens is 218 g/mol. The third-order valence-corrected chi connectivity index (χ3v) is 2.50. The van der Waals surface area contributed by atoms with Gasteiger partial charge in [0.25, 0.3) is 0 Å². The van der Waals surface area contributed by atoms with E-state index in [0.29, 0.717) is 6.42 Å². The van der Waals surface area contributed by atoms with Crippen molar-refractivity contribution in [2.45, 2.75) is 39.3 Å². The minimum Gasteiger partial charge on any atom is -0.504 e. The molecule has 3 N–H and O–H groups in total. The van der Waals surface area contributed by atoms with Crippen molar-refractivity contribution < 1.29 is 15.0 Å². The van der Waals surface area contributed by atoms with Crippen LogP contribution in [0.3, 0.4) is 0 Å². The third kappa shape index (κ3) is 4.07. The van der Waals surface area contributed by atoms with E-state index in [-0.39, 0.29) is 29.4 Å². The standard InChI is InChI=1S/C13H19NO3/c1-8(2)14-11(9(3)15)6-10-4-5-12(16)13(17)7-10/h4-5,7-8,11,14,16-17H,6H2,1-3H3. The van der Waals surface area contributed by atoms with Crippen LogP contribution in [0.25, 0.3) is 0 Å². The topological polar surface area (TPSA) is 69.6 Å². The van der Waals surface area contributed by atoms with Crippen molar-refractivity contribution in [3.63, 3.8) is 0 Å². The molecule has 0 radical (unpaired) electrons. The molecule has 0 fully saturated rings. The Balaban J connectivity index is 2.78. The van der Waals surface area contributed by atoms with Gasteiger partial charge in [-0.1, -0.05) is 19.9 Å². The average molecular weight is 237 g/mol. The average Bonchev–Trinajstić information content (AvgIpc) is 2.21. The number of benzene rings is 1. The number of nitrogens with one attached hydrogen (secondary N) is 1. The maximum absolute atomic E-state index is 11.5. The number of hydrogen-bond donors (Lipinski definition) is 3. The molecule has 0 saturated carbocycles. The van der Waals surface area contributed by atoms with Crippen LogP contribution in [0.5, 0.6) is 11.5 Å². The molecule has 94 valence electrons. The summed E-state index contributed by atoms with van der Waals surface area (Å²) in [5.74, 6) is -0.245. The Kier molecular flexibility index (Phi) is 4.52. The first kappa shape index (κ1) is 13.5. The fourth-order valence-corrected chi connectivity index (χ4v) is 1.65. The first-order valence-corrected chi connectivity index (χ1v) is 5.67. The second-order valence-corrected chi connectivity index (χ2v) is 4.51. The van der Waals surface area contributed by atoms with Crippen molar-refractivity contribution in [3.8, 4) is 11.5 Å². The number of Topliss-reactive ketones (excluding diaryl/α,β-unsaturated/α-hetero) is 1. The molecule has 1 atom stereocenters. The van der Waals surface area contributed by atoms with Gasteiger partial charge in [-0.25, -0.2) is 0 Å². The molecule has 1 rings (SSSR count). The van der Waals surface area contributed by atoms with Crippen LogP contribution in [0.2, 0.25) is 0 Å². The Morgan fingerprint density at radius 2 is 1.94 bits per heavy atom. The van der Waals surface area contributed by atoms with Gasteiger partial charge >= 0.3 is 0 Å². The lowest BCUT2D eigenvalue weighted by Crippen LogP contribution is -2.41. The zero-order chi connectivity index (χ0) is 13.0. The van der Waals surface area contributed by atoms with Gasteiger partial charge in [0.15, 0.2) is 11.5 Å². The Bertz CT molecular complexity index is 402. The van der Waals surface area contributed by atoms with E-state index in [9.17, 15) is 15.0 Å². The Morgan fingerprint density at radius 3 is 2.41 bits per heavy atom. The number of phenolic OH excluding ortho intramolecular Hbond substituents is 2. The minimum atomic E-state index is -0.265. The Labute approximate surface area is 101 Å². The van der Waals surface area contributed by atoms with Crippen LogP contribution >= 0.6 is 0 Å². The van der Waals surface area contributed by atoms with Crippen LogP contribution in [-0.4, -0.2) is 28.1 Å². The third-order valence-electron chi connectivity index (χ3n) is 2.50. The van der Waals surface area contributed by atoms with Crippen molar-refractivity contribution in [3.05, 3.63) is 23.8 Å².